The van der Waals surface area contributed by atoms with Crippen molar-refractivity contribution < 1.29 is 9.59 Å². The van der Waals surface area contributed by atoms with Gasteiger partial charge in [-0.15, -0.1) is 11.3 Å². The first-order valence-electron chi connectivity index (χ1n) is 7.27. The number of amides is 3. The smallest absolute Gasteiger partial charge is 0.317 e. The quantitative estimate of drug-likeness (QED) is 0.880. The molecule has 1 atom stereocenters. The van der Waals surface area contributed by atoms with Crippen molar-refractivity contribution >= 4 is 23.3 Å². The van der Waals surface area contributed by atoms with Crippen molar-refractivity contribution in [2.75, 3.05) is 20.1 Å². The van der Waals surface area contributed by atoms with Crippen LogP contribution in [0.2, 0.25) is 0 Å². The highest BCUT2D eigenvalue weighted by molar-refractivity contribution is 7.11. The van der Waals surface area contributed by atoms with Crippen LogP contribution in [0.4, 0.5) is 4.79 Å². The number of nitrogens with zero attached hydrogens (tertiary/aromatic N) is 2. The lowest BCUT2D eigenvalue weighted by Crippen LogP contribution is -2.49. The van der Waals surface area contributed by atoms with E-state index in [-0.39, 0.29) is 11.9 Å². The molecule has 1 saturated heterocycles. The van der Waals surface area contributed by atoms with Crippen LogP contribution in [0.5, 0.6) is 0 Å². The van der Waals surface area contributed by atoms with E-state index in [9.17, 15) is 9.59 Å². The minimum Gasteiger partial charge on any atom is -0.354 e. The molecule has 1 aliphatic rings. The lowest BCUT2D eigenvalue weighted by Gasteiger charge is -2.21. The van der Waals surface area contributed by atoms with Crippen molar-refractivity contribution in [2.24, 2.45) is 0 Å². The number of carbonyl (C=O) groups excluding carboxylic acids is 2. The molecule has 3 amide bonds. The monoisotopic (exact) mass is 310 g/mol. The molecule has 1 aliphatic heterocycles. The number of carbonyl (C=O) groups is 2. The fraction of sp³-hybridized carbons (Fsp3) is 0.643. The van der Waals surface area contributed by atoms with Gasteiger partial charge in [-0.1, -0.05) is 0 Å². The Bertz CT molecular complexity index is 503. The topological polar surface area (TPSA) is 74.3 Å². The fourth-order valence-electron chi connectivity index (χ4n) is 2.22. The van der Waals surface area contributed by atoms with Gasteiger partial charge in [-0.3, -0.25) is 4.79 Å². The summed E-state index contributed by atoms with van der Waals surface area (Å²) < 4.78 is 0. The van der Waals surface area contributed by atoms with E-state index in [1.807, 2.05) is 13.1 Å². The molecule has 2 N–H and O–H groups in total. The molecule has 1 aromatic rings. The van der Waals surface area contributed by atoms with Gasteiger partial charge in [0.05, 0.1) is 5.01 Å². The van der Waals surface area contributed by atoms with Crippen LogP contribution in [0.25, 0.3) is 0 Å². The number of urea groups is 1. The average Bonchev–Trinajstić information content (AvgIpc) is 2.77. The van der Waals surface area contributed by atoms with Gasteiger partial charge < -0.3 is 15.5 Å². The molecule has 0 saturated carbocycles. The molecule has 116 valence electrons. The third kappa shape index (κ3) is 4.70. The minimum atomic E-state index is -0.412. The van der Waals surface area contributed by atoms with Crippen LogP contribution in [-0.4, -0.2) is 48.0 Å². The minimum absolute atomic E-state index is 0.0789. The first-order valence-corrected chi connectivity index (χ1v) is 8.08. The van der Waals surface area contributed by atoms with Gasteiger partial charge in [0.1, 0.15) is 6.04 Å². The molecule has 1 aromatic heterocycles. The third-order valence-corrected chi connectivity index (χ3v) is 4.48. The van der Waals surface area contributed by atoms with Gasteiger partial charge in [-0.25, -0.2) is 9.78 Å². The highest BCUT2D eigenvalue weighted by Crippen LogP contribution is 2.12. The standard InChI is InChI=1S/C14H22N4O2S/c1-10-9-16-12(21-10)6-8-18(2)14(20)17-11-5-3-4-7-15-13(11)19/h9,11H,3-8H2,1-2H3,(H,15,19)(H,17,20)/t11-/m1/s1. The fourth-order valence-corrected chi connectivity index (χ4v) is 2.99. The molecule has 0 aliphatic carbocycles. The van der Waals surface area contributed by atoms with Crippen LogP contribution in [-0.2, 0) is 11.2 Å². The van der Waals surface area contributed by atoms with Crippen LogP contribution in [0.1, 0.15) is 29.1 Å². The first kappa shape index (κ1) is 15.8. The van der Waals surface area contributed by atoms with Crippen LogP contribution in [0.3, 0.4) is 0 Å². The molecule has 6 nitrogen and oxygen atoms in total. The van der Waals surface area contributed by atoms with E-state index < -0.39 is 6.04 Å². The molecular weight excluding hydrogens is 288 g/mol. The van der Waals surface area contributed by atoms with E-state index in [0.29, 0.717) is 19.5 Å². The SMILES string of the molecule is Cc1cnc(CCN(C)C(=O)N[C@@H]2CCCCNC2=O)s1. The maximum absolute atomic E-state index is 12.1. The summed E-state index contributed by atoms with van der Waals surface area (Å²) in [6, 6.07) is -0.616. The zero-order chi connectivity index (χ0) is 15.2. The summed E-state index contributed by atoms with van der Waals surface area (Å²) in [7, 11) is 1.74. The number of likely N-dealkylation sites (N-methyl/N-ethyl adjacent to an activating group) is 1. The number of nitrogens with one attached hydrogen (secondary N) is 2. The van der Waals surface area contributed by atoms with Gasteiger partial charge in [-0.2, -0.15) is 0 Å². The van der Waals surface area contributed by atoms with Crippen molar-refractivity contribution in [1.29, 1.82) is 0 Å². The van der Waals surface area contributed by atoms with Crippen molar-refractivity contribution in [3.8, 4) is 0 Å². The van der Waals surface area contributed by atoms with Gasteiger partial charge in [0.25, 0.3) is 0 Å². The average molecular weight is 310 g/mol. The van der Waals surface area contributed by atoms with Crippen LogP contribution in [0, 0.1) is 6.92 Å². The van der Waals surface area contributed by atoms with Crippen molar-refractivity contribution in [1.82, 2.24) is 20.5 Å². The molecule has 0 bridgehead atoms. The normalized spacial score (nSPS) is 18.8. The van der Waals surface area contributed by atoms with Gasteiger partial charge >= 0.3 is 6.03 Å². The Morgan fingerprint density at radius 1 is 1.57 bits per heavy atom. The summed E-state index contributed by atoms with van der Waals surface area (Å²) in [5, 5.41) is 6.65. The maximum Gasteiger partial charge on any atom is 0.317 e. The largest absolute Gasteiger partial charge is 0.354 e. The predicted molar refractivity (Wildman–Crippen MR) is 82.4 cm³/mol. The summed E-state index contributed by atoms with van der Waals surface area (Å²) in [6.45, 7) is 3.31. The summed E-state index contributed by atoms with van der Waals surface area (Å²) in [5.41, 5.74) is 0. The Morgan fingerprint density at radius 3 is 3.10 bits per heavy atom. The maximum atomic E-state index is 12.1. The van der Waals surface area contributed by atoms with E-state index in [4.69, 9.17) is 0 Å². The lowest BCUT2D eigenvalue weighted by molar-refractivity contribution is -0.122. The Kier molecular flexibility index (Phi) is 5.55. The summed E-state index contributed by atoms with van der Waals surface area (Å²) in [6.07, 6.45) is 5.20. The number of hydrogen-bond acceptors (Lipinski definition) is 4. The molecule has 2 rings (SSSR count). The zero-order valence-corrected chi connectivity index (χ0v) is 13.3. The Balaban J connectivity index is 1.80. The Hall–Kier alpha value is -1.63. The second kappa shape index (κ2) is 7.40. The van der Waals surface area contributed by atoms with E-state index in [2.05, 4.69) is 15.6 Å². The summed E-state index contributed by atoms with van der Waals surface area (Å²) in [4.78, 5) is 31.0. The third-order valence-electron chi connectivity index (χ3n) is 3.51. The second-order valence-electron chi connectivity index (χ2n) is 5.33. The number of rotatable bonds is 4. The van der Waals surface area contributed by atoms with Crippen molar-refractivity contribution in [2.45, 2.75) is 38.6 Å². The molecule has 1 fully saturated rings. The summed E-state index contributed by atoms with van der Waals surface area (Å²) >= 11 is 1.65. The molecular formula is C14H22N4O2S. The van der Waals surface area contributed by atoms with Gasteiger partial charge in [0.2, 0.25) is 5.91 Å². The molecule has 0 spiro atoms. The molecule has 0 unspecified atom stereocenters. The molecule has 7 heteroatoms. The van der Waals surface area contributed by atoms with Crippen LogP contribution < -0.4 is 10.6 Å². The zero-order valence-electron chi connectivity index (χ0n) is 12.5. The number of aryl methyl sites for hydroxylation is 1. The van der Waals surface area contributed by atoms with Crippen molar-refractivity contribution in [3.05, 3.63) is 16.1 Å². The van der Waals surface area contributed by atoms with Crippen LogP contribution in [0.15, 0.2) is 6.20 Å². The van der Waals surface area contributed by atoms with Crippen molar-refractivity contribution in [3.63, 3.8) is 0 Å². The molecule has 0 aromatic carbocycles. The van der Waals surface area contributed by atoms with Gasteiger partial charge in [0.15, 0.2) is 0 Å². The molecule has 21 heavy (non-hydrogen) atoms. The summed E-state index contributed by atoms with van der Waals surface area (Å²) in [5.74, 6) is -0.0789. The Morgan fingerprint density at radius 2 is 2.38 bits per heavy atom. The lowest BCUT2D eigenvalue weighted by atomic mass is 10.1. The number of hydrogen-bond donors (Lipinski definition) is 2. The predicted octanol–water partition coefficient (Wildman–Crippen LogP) is 1.30. The highest BCUT2D eigenvalue weighted by Gasteiger charge is 2.23. The van der Waals surface area contributed by atoms with E-state index in [1.165, 1.54) is 4.88 Å². The van der Waals surface area contributed by atoms with E-state index >= 15 is 0 Å². The molecule has 2 heterocycles. The van der Waals surface area contributed by atoms with Gasteiger partial charge in [0, 0.05) is 37.6 Å². The van der Waals surface area contributed by atoms with E-state index in [0.717, 1.165) is 24.3 Å². The van der Waals surface area contributed by atoms with Gasteiger partial charge in [-0.05, 0) is 26.2 Å². The van der Waals surface area contributed by atoms with E-state index in [1.54, 1.807) is 23.3 Å². The van der Waals surface area contributed by atoms with Crippen LogP contribution >= 0.6 is 11.3 Å². The second-order valence-corrected chi connectivity index (χ2v) is 6.64. The highest BCUT2D eigenvalue weighted by atomic mass is 32.1. The molecule has 0 radical (unpaired) electrons. The Labute approximate surface area is 128 Å². The number of thiazole rings is 1. The number of aromatic nitrogens is 1. The first-order chi connectivity index (χ1) is 10.1.